The lowest BCUT2D eigenvalue weighted by Crippen LogP contribution is -2.03. The summed E-state index contributed by atoms with van der Waals surface area (Å²) in [7, 11) is 0. The molecule has 0 bridgehead atoms. The van der Waals surface area contributed by atoms with E-state index in [2.05, 4.69) is 0 Å². The molecule has 22 heavy (non-hydrogen) atoms. The van der Waals surface area contributed by atoms with Crippen molar-refractivity contribution in [2.75, 3.05) is 0 Å². The van der Waals surface area contributed by atoms with E-state index in [9.17, 15) is 14.9 Å². The van der Waals surface area contributed by atoms with Crippen LogP contribution in [0.15, 0.2) is 54.1 Å². The third-order valence-corrected chi connectivity index (χ3v) is 3.91. The molecule has 1 aliphatic rings. The van der Waals surface area contributed by atoms with Gasteiger partial charge in [0.05, 0.1) is 10.5 Å². The van der Waals surface area contributed by atoms with E-state index in [1.807, 2.05) is 24.3 Å². The second kappa shape index (κ2) is 5.93. The van der Waals surface area contributed by atoms with E-state index in [-0.39, 0.29) is 11.5 Å². The van der Waals surface area contributed by atoms with Crippen LogP contribution in [0.5, 0.6) is 0 Å². The zero-order valence-electron chi connectivity index (χ0n) is 12.0. The Bertz CT molecular complexity index is 777. The summed E-state index contributed by atoms with van der Waals surface area (Å²) in [5, 5.41) is 11.1. The van der Waals surface area contributed by atoms with Crippen molar-refractivity contribution in [3.63, 3.8) is 0 Å². The molecule has 3 rings (SSSR count). The van der Waals surface area contributed by atoms with Crippen molar-refractivity contribution in [2.45, 2.75) is 19.3 Å². The van der Waals surface area contributed by atoms with Gasteiger partial charge in [0.1, 0.15) is 0 Å². The van der Waals surface area contributed by atoms with Crippen LogP contribution in [0.2, 0.25) is 0 Å². The van der Waals surface area contributed by atoms with Gasteiger partial charge in [-0.25, -0.2) is 0 Å². The predicted octanol–water partition coefficient (Wildman–Crippen LogP) is 4.20. The molecule has 2 aromatic carbocycles. The van der Waals surface area contributed by atoms with Gasteiger partial charge in [-0.1, -0.05) is 36.4 Å². The van der Waals surface area contributed by atoms with Crippen LogP contribution in [0, 0.1) is 10.1 Å². The lowest BCUT2D eigenvalue weighted by atomic mass is 9.98. The number of ketones is 1. The number of aryl methyl sites for hydroxylation is 1. The van der Waals surface area contributed by atoms with Gasteiger partial charge in [-0.3, -0.25) is 14.9 Å². The number of hydrogen-bond acceptors (Lipinski definition) is 3. The number of carbonyl (C=O) groups excluding carboxylic acids is 1. The number of hydrogen-bond donors (Lipinski definition) is 0. The molecule has 0 fully saturated rings. The Kier molecular flexibility index (Phi) is 3.83. The number of nitro benzene ring substituents is 1. The summed E-state index contributed by atoms with van der Waals surface area (Å²) in [4.78, 5) is 23.4. The van der Waals surface area contributed by atoms with Gasteiger partial charge in [0, 0.05) is 17.2 Å². The molecular weight excluding hydrogens is 278 g/mol. The van der Waals surface area contributed by atoms with Crippen molar-refractivity contribution in [2.24, 2.45) is 0 Å². The van der Waals surface area contributed by atoms with Crippen LogP contribution in [0.3, 0.4) is 0 Å². The Balaban J connectivity index is 2.05. The standard InChI is InChI=1S/C18H15NO3/c20-18-15(9-5-8-13-6-1-3-10-16(13)18)12-14-7-2-4-11-17(14)19(21)22/h1-4,6-7,10-12H,5,8-9H2/b15-12-. The van der Waals surface area contributed by atoms with Gasteiger partial charge in [-0.05, 0) is 37.0 Å². The first-order chi connectivity index (χ1) is 10.7. The van der Waals surface area contributed by atoms with Crippen LogP contribution in [0.25, 0.3) is 6.08 Å². The normalized spacial score (nSPS) is 16.2. The average molecular weight is 293 g/mol. The zero-order chi connectivity index (χ0) is 15.5. The molecule has 110 valence electrons. The Morgan fingerprint density at radius 3 is 2.55 bits per heavy atom. The predicted molar refractivity (Wildman–Crippen MR) is 84.8 cm³/mol. The summed E-state index contributed by atoms with van der Waals surface area (Å²) in [5.74, 6) is -0.0220. The second-order valence-electron chi connectivity index (χ2n) is 5.33. The van der Waals surface area contributed by atoms with Gasteiger partial charge in [-0.15, -0.1) is 0 Å². The SMILES string of the molecule is O=C1/C(=C\c2ccccc2[N+](=O)[O-])CCCc2ccccc21. The van der Waals surface area contributed by atoms with E-state index < -0.39 is 4.92 Å². The molecule has 4 heteroatoms. The maximum absolute atomic E-state index is 12.7. The van der Waals surface area contributed by atoms with Gasteiger partial charge in [0.15, 0.2) is 5.78 Å². The third-order valence-electron chi connectivity index (χ3n) is 3.91. The Morgan fingerprint density at radius 2 is 1.73 bits per heavy atom. The van der Waals surface area contributed by atoms with Crippen LogP contribution in [-0.4, -0.2) is 10.7 Å². The van der Waals surface area contributed by atoms with E-state index in [1.165, 1.54) is 6.07 Å². The molecule has 0 spiro atoms. The molecule has 4 nitrogen and oxygen atoms in total. The van der Waals surface area contributed by atoms with E-state index >= 15 is 0 Å². The quantitative estimate of drug-likeness (QED) is 0.361. The molecule has 1 aliphatic carbocycles. The monoisotopic (exact) mass is 293 g/mol. The number of nitro groups is 1. The van der Waals surface area contributed by atoms with Crippen molar-refractivity contribution in [1.29, 1.82) is 0 Å². The summed E-state index contributed by atoms with van der Waals surface area (Å²) >= 11 is 0. The fourth-order valence-corrected chi connectivity index (χ4v) is 2.82. The summed E-state index contributed by atoms with van der Waals surface area (Å²) in [5.41, 5.74) is 2.91. The summed E-state index contributed by atoms with van der Waals surface area (Å²) in [6, 6.07) is 14.1. The summed E-state index contributed by atoms with van der Waals surface area (Å²) < 4.78 is 0. The molecule has 0 aliphatic heterocycles. The third kappa shape index (κ3) is 2.68. The van der Waals surface area contributed by atoms with Crippen molar-refractivity contribution in [3.05, 3.63) is 80.9 Å². The smallest absolute Gasteiger partial charge is 0.276 e. The molecule has 0 heterocycles. The van der Waals surface area contributed by atoms with Crippen LogP contribution in [0.1, 0.15) is 34.3 Å². The van der Waals surface area contributed by atoms with Crippen molar-refractivity contribution in [1.82, 2.24) is 0 Å². The van der Waals surface area contributed by atoms with E-state index in [1.54, 1.807) is 24.3 Å². The molecule has 0 saturated heterocycles. The molecule has 0 N–H and O–H groups in total. The number of nitrogens with zero attached hydrogens (tertiary/aromatic N) is 1. The van der Waals surface area contributed by atoms with Crippen molar-refractivity contribution >= 4 is 17.5 Å². The Morgan fingerprint density at radius 1 is 1.00 bits per heavy atom. The maximum Gasteiger partial charge on any atom is 0.276 e. The highest BCUT2D eigenvalue weighted by Crippen LogP contribution is 2.28. The minimum atomic E-state index is -0.415. The first-order valence-electron chi connectivity index (χ1n) is 7.23. The van der Waals surface area contributed by atoms with E-state index in [0.717, 1.165) is 18.4 Å². The Hall–Kier alpha value is -2.75. The van der Waals surface area contributed by atoms with Gasteiger partial charge >= 0.3 is 0 Å². The highest BCUT2D eigenvalue weighted by Gasteiger charge is 2.20. The topological polar surface area (TPSA) is 60.2 Å². The van der Waals surface area contributed by atoms with Gasteiger partial charge in [-0.2, -0.15) is 0 Å². The lowest BCUT2D eigenvalue weighted by Gasteiger charge is -2.05. The molecule has 0 aromatic heterocycles. The molecule has 0 unspecified atom stereocenters. The minimum Gasteiger partial charge on any atom is -0.289 e. The molecule has 0 saturated carbocycles. The molecule has 2 aromatic rings. The van der Waals surface area contributed by atoms with Crippen LogP contribution in [0.4, 0.5) is 5.69 Å². The molecular formula is C18H15NO3. The number of Topliss-reactive ketones (excluding diaryl/α,β-unsaturated/α-hetero) is 1. The van der Waals surface area contributed by atoms with Gasteiger partial charge in [0.25, 0.3) is 5.69 Å². The largest absolute Gasteiger partial charge is 0.289 e. The number of allylic oxidation sites excluding steroid dienone is 1. The van der Waals surface area contributed by atoms with Crippen LogP contribution in [-0.2, 0) is 6.42 Å². The summed E-state index contributed by atoms with van der Waals surface area (Å²) in [6.07, 6.45) is 4.04. The van der Waals surface area contributed by atoms with Crippen LogP contribution < -0.4 is 0 Å². The number of para-hydroxylation sites is 1. The molecule has 0 atom stereocenters. The summed E-state index contributed by atoms with van der Waals surface area (Å²) in [6.45, 7) is 0. The number of rotatable bonds is 2. The first-order valence-corrected chi connectivity index (χ1v) is 7.23. The molecule has 0 radical (unpaired) electrons. The average Bonchev–Trinajstić information content (AvgIpc) is 2.68. The van der Waals surface area contributed by atoms with E-state index in [4.69, 9.17) is 0 Å². The highest BCUT2D eigenvalue weighted by atomic mass is 16.6. The molecule has 0 amide bonds. The zero-order valence-corrected chi connectivity index (χ0v) is 12.0. The van der Waals surface area contributed by atoms with Gasteiger partial charge < -0.3 is 0 Å². The number of fused-ring (bicyclic) bond motifs is 1. The van der Waals surface area contributed by atoms with Crippen molar-refractivity contribution in [3.8, 4) is 0 Å². The van der Waals surface area contributed by atoms with E-state index in [0.29, 0.717) is 23.1 Å². The second-order valence-corrected chi connectivity index (χ2v) is 5.33. The van der Waals surface area contributed by atoms with Crippen molar-refractivity contribution < 1.29 is 9.72 Å². The minimum absolute atomic E-state index is 0.0220. The van der Waals surface area contributed by atoms with Crippen LogP contribution >= 0.6 is 0 Å². The first kappa shape index (κ1) is 14.2. The van der Waals surface area contributed by atoms with Gasteiger partial charge in [0.2, 0.25) is 0 Å². The fraction of sp³-hybridized carbons (Fsp3) is 0.167. The fourth-order valence-electron chi connectivity index (χ4n) is 2.82. The Labute approximate surface area is 128 Å². The lowest BCUT2D eigenvalue weighted by molar-refractivity contribution is -0.385. The number of carbonyl (C=O) groups is 1. The highest BCUT2D eigenvalue weighted by molar-refractivity contribution is 6.12. The number of benzene rings is 2. The maximum atomic E-state index is 12.7.